The number of rotatable bonds is 3. The highest BCUT2D eigenvalue weighted by atomic mass is 16.3. The Balaban J connectivity index is 1.83. The third kappa shape index (κ3) is 2.36. The molecule has 4 heteroatoms. The smallest absolute Gasteiger partial charge is 0.0951 e. The minimum Gasteiger partial charge on any atom is -0.397 e. The number of nitrogens with two attached hydrogens (primary N) is 1. The Kier molecular flexibility index (Phi) is 3.25. The topological polar surface area (TPSA) is 71.2 Å². The summed E-state index contributed by atoms with van der Waals surface area (Å²) in [5.41, 5.74) is 8.50. The third-order valence-corrected chi connectivity index (χ3v) is 3.97. The molecule has 2 atom stereocenters. The number of nitrogens with one attached hydrogen (secondary N) is 1. The molecular weight excluding hydrogens is 238 g/mol. The van der Waals surface area contributed by atoms with Crippen molar-refractivity contribution in [1.82, 2.24) is 4.98 Å². The van der Waals surface area contributed by atoms with Gasteiger partial charge in [0, 0.05) is 29.7 Å². The second-order valence-corrected chi connectivity index (χ2v) is 5.24. The van der Waals surface area contributed by atoms with Gasteiger partial charge in [-0.2, -0.15) is 0 Å². The van der Waals surface area contributed by atoms with E-state index in [1.54, 1.807) is 6.20 Å². The number of fused-ring (bicyclic) bond motifs is 1. The molecule has 0 radical (unpaired) electrons. The van der Waals surface area contributed by atoms with E-state index >= 15 is 0 Å². The standard InChI is InChI=1S/C15H19N3O/c16-12-6-7-13(11-4-2-8-17-15(11)12)18-9-10-3-1-5-14(10)19/h2,4,6-8,10,14,18-19H,1,3,5,9,16H2. The Morgan fingerprint density at radius 2 is 2.21 bits per heavy atom. The first-order valence-corrected chi connectivity index (χ1v) is 6.81. The summed E-state index contributed by atoms with van der Waals surface area (Å²) in [7, 11) is 0. The van der Waals surface area contributed by atoms with Crippen LogP contribution in [0, 0.1) is 5.92 Å². The summed E-state index contributed by atoms with van der Waals surface area (Å²) in [6.07, 6.45) is 4.74. The monoisotopic (exact) mass is 257 g/mol. The lowest BCUT2D eigenvalue weighted by Crippen LogP contribution is -2.22. The molecule has 1 aliphatic carbocycles. The van der Waals surface area contributed by atoms with Crippen molar-refractivity contribution in [3.63, 3.8) is 0 Å². The van der Waals surface area contributed by atoms with E-state index in [9.17, 15) is 5.11 Å². The Morgan fingerprint density at radius 3 is 3.00 bits per heavy atom. The van der Waals surface area contributed by atoms with Crippen molar-refractivity contribution in [2.24, 2.45) is 5.92 Å². The highest BCUT2D eigenvalue weighted by molar-refractivity contribution is 5.98. The van der Waals surface area contributed by atoms with Gasteiger partial charge in [-0.25, -0.2) is 0 Å². The summed E-state index contributed by atoms with van der Waals surface area (Å²) in [5.74, 6) is 0.351. The number of aliphatic hydroxyl groups is 1. The largest absolute Gasteiger partial charge is 0.397 e. The highest BCUT2D eigenvalue weighted by Crippen LogP contribution is 2.29. The summed E-state index contributed by atoms with van der Waals surface area (Å²) in [4.78, 5) is 4.32. The van der Waals surface area contributed by atoms with Gasteiger partial charge >= 0.3 is 0 Å². The molecule has 2 aromatic rings. The molecule has 19 heavy (non-hydrogen) atoms. The number of pyridine rings is 1. The molecule has 4 N–H and O–H groups in total. The molecule has 1 aliphatic rings. The average Bonchev–Trinajstić information content (AvgIpc) is 2.84. The molecule has 0 saturated heterocycles. The number of hydrogen-bond donors (Lipinski definition) is 3. The zero-order valence-electron chi connectivity index (χ0n) is 10.8. The molecule has 0 amide bonds. The van der Waals surface area contributed by atoms with Gasteiger partial charge in [-0.3, -0.25) is 4.98 Å². The molecule has 0 spiro atoms. The Hall–Kier alpha value is -1.81. The first kappa shape index (κ1) is 12.2. The van der Waals surface area contributed by atoms with E-state index in [1.807, 2.05) is 24.3 Å². The number of anilines is 2. The van der Waals surface area contributed by atoms with Crippen molar-refractivity contribution in [3.8, 4) is 0 Å². The zero-order valence-corrected chi connectivity index (χ0v) is 10.8. The second-order valence-electron chi connectivity index (χ2n) is 5.24. The van der Waals surface area contributed by atoms with Crippen LogP contribution in [0.1, 0.15) is 19.3 Å². The van der Waals surface area contributed by atoms with Crippen LogP contribution in [0.3, 0.4) is 0 Å². The van der Waals surface area contributed by atoms with Crippen molar-refractivity contribution >= 4 is 22.3 Å². The van der Waals surface area contributed by atoms with Crippen LogP contribution < -0.4 is 11.1 Å². The molecule has 1 saturated carbocycles. The maximum absolute atomic E-state index is 9.85. The van der Waals surface area contributed by atoms with Gasteiger partial charge in [0.2, 0.25) is 0 Å². The van der Waals surface area contributed by atoms with Crippen molar-refractivity contribution in [3.05, 3.63) is 30.5 Å². The van der Waals surface area contributed by atoms with Crippen LogP contribution in [0.25, 0.3) is 10.9 Å². The van der Waals surface area contributed by atoms with Gasteiger partial charge in [0.15, 0.2) is 0 Å². The van der Waals surface area contributed by atoms with Crippen molar-refractivity contribution in [2.45, 2.75) is 25.4 Å². The van der Waals surface area contributed by atoms with Crippen LogP contribution in [0.5, 0.6) is 0 Å². The minimum absolute atomic E-state index is 0.161. The molecule has 1 fully saturated rings. The van der Waals surface area contributed by atoms with Crippen LogP contribution >= 0.6 is 0 Å². The lowest BCUT2D eigenvalue weighted by Gasteiger charge is -2.17. The van der Waals surface area contributed by atoms with Crippen molar-refractivity contribution in [1.29, 1.82) is 0 Å². The molecule has 1 aromatic heterocycles. The first-order chi connectivity index (χ1) is 9.25. The maximum Gasteiger partial charge on any atom is 0.0951 e. The van der Waals surface area contributed by atoms with Crippen LogP contribution in [0.4, 0.5) is 11.4 Å². The number of aromatic nitrogens is 1. The normalized spacial score (nSPS) is 22.8. The molecule has 3 rings (SSSR count). The van der Waals surface area contributed by atoms with E-state index < -0.39 is 0 Å². The van der Waals surface area contributed by atoms with Crippen LogP contribution in [-0.2, 0) is 0 Å². The zero-order chi connectivity index (χ0) is 13.2. The molecule has 100 valence electrons. The molecule has 1 aromatic carbocycles. The summed E-state index contributed by atoms with van der Waals surface area (Å²) < 4.78 is 0. The predicted molar refractivity (Wildman–Crippen MR) is 78.0 cm³/mol. The van der Waals surface area contributed by atoms with E-state index in [1.165, 1.54) is 0 Å². The fourth-order valence-corrected chi connectivity index (χ4v) is 2.85. The summed E-state index contributed by atoms with van der Waals surface area (Å²) >= 11 is 0. The molecule has 2 unspecified atom stereocenters. The Morgan fingerprint density at radius 1 is 1.32 bits per heavy atom. The van der Waals surface area contributed by atoms with E-state index in [0.29, 0.717) is 11.6 Å². The minimum atomic E-state index is -0.161. The average molecular weight is 257 g/mol. The fourth-order valence-electron chi connectivity index (χ4n) is 2.85. The molecule has 0 bridgehead atoms. The van der Waals surface area contributed by atoms with E-state index in [0.717, 1.165) is 42.4 Å². The van der Waals surface area contributed by atoms with Gasteiger partial charge in [0.05, 0.1) is 17.3 Å². The highest BCUT2D eigenvalue weighted by Gasteiger charge is 2.24. The van der Waals surface area contributed by atoms with Crippen LogP contribution in [-0.4, -0.2) is 22.7 Å². The summed E-state index contributed by atoms with van der Waals surface area (Å²) in [5, 5.41) is 14.3. The molecule has 0 aliphatic heterocycles. The number of nitrogen functional groups attached to an aromatic ring is 1. The predicted octanol–water partition coefficient (Wildman–Crippen LogP) is 2.39. The Labute approximate surface area is 112 Å². The number of benzene rings is 1. The third-order valence-electron chi connectivity index (χ3n) is 3.97. The van der Waals surface area contributed by atoms with Gasteiger partial charge in [-0.05, 0) is 37.1 Å². The van der Waals surface area contributed by atoms with Gasteiger partial charge in [0.1, 0.15) is 0 Å². The second kappa shape index (κ2) is 5.05. The van der Waals surface area contributed by atoms with E-state index in [2.05, 4.69) is 10.3 Å². The van der Waals surface area contributed by atoms with E-state index in [-0.39, 0.29) is 6.10 Å². The fraction of sp³-hybridized carbons (Fsp3) is 0.400. The molecule has 1 heterocycles. The maximum atomic E-state index is 9.85. The van der Waals surface area contributed by atoms with Gasteiger partial charge < -0.3 is 16.2 Å². The SMILES string of the molecule is Nc1ccc(NCC2CCCC2O)c2cccnc12. The number of hydrogen-bond acceptors (Lipinski definition) is 4. The molecular formula is C15H19N3O. The summed E-state index contributed by atoms with van der Waals surface area (Å²) in [6, 6.07) is 7.80. The first-order valence-electron chi connectivity index (χ1n) is 6.81. The molecule has 4 nitrogen and oxygen atoms in total. The number of nitrogens with zero attached hydrogens (tertiary/aromatic N) is 1. The van der Waals surface area contributed by atoms with Crippen molar-refractivity contribution in [2.75, 3.05) is 17.6 Å². The summed E-state index contributed by atoms with van der Waals surface area (Å²) in [6.45, 7) is 0.801. The van der Waals surface area contributed by atoms with Gasteiger partial charge in [-0.1, -0.05) is 6.42 Å². The van der Waals surface area contributed by atoms with Crippen LogP contribution in [0.15, 0.2) is 30.5 Å². The quantitative estimate of drug-likeness (QED) is 0.738. The van der Waals surface area contributed by atoms with Crippen LogP contribution in [0.2, 0.25) is 0 Å². The lowest BCUT2D eigenvalue weighted by molar-refractivity contribution is 0.138. The lowest BCUT2D eigenvalue weighted by atomic mass is 10.1. The van der Waals surface area contributed by atoms with Crippen molar-refractivity contribution < 1.29 is 5.11 Å². The Bertz CT molecular complexity index is 585. The number of aliphatic hydroxyl groups excluding tert-OH is 1. The van der Waals surface area contributed by atoms with E-state index in [4.69, 9.17) is 5.73 Å². The van der Waals surface area contributed by atoms with Gasteiger partial charge in [-0.15, -0.1) is 0 Å². The van der Waals surface area contributed by atoms with Gasteiger partial charge in [0.25, 0.3) is 0 Å².